The highest BCUT2D eigenvalue weighted by Gasteiger charge is 2.18. The second kappa shape index (κ2) is 5.19. The van der Waals surface area contributed by atoms with Gasteiger partial charge < -0.3 is 20.0 Å². The number of benzene rings is 1. The molecule has 0 saturated heterocycles. The van der Waals surface area contributed by atoms with Gasteiger partial charge in [0.15, 0.2) is 0 Å². The molecule has 8 heteroatoms. The Hall–Kier alpha value is -2.22. The zero-order chi connectivity index (χ0) is 14.0. The lowest BCUT2D eigenvalue weighted by Crippen LogP contribution is -2.22. The molecular formula is C11H7BrN3O4-. The van der Waals surface area contributed by atoms with Gasteiger partial charge in [-0.1, -0.05) is 18.2 Å². The first-order chi connectivity index (χ1) is 8.97. The average molecular weight is 325 g/mol. The van der Waals surface area contributed by atoms with E-state index in [1.54, 1.807) is 12.1 Å². The van der Waals surface area contributed by atoms with Gasteiger partial charge in [0, 0.05) is 0 Å². The maximum absolute atomic E-state index is 10.7. The summed E-state index contributed by atoms with van der Waals surface area (Å²) < 4.78 is 1.63. The summed E-state index contributed by atoms with van der Waals surface area (Å²) in [6, 6.07) is 6.14. The highest BCUT2D eigenvalue weighted by atomic mass is 79.9. The quantitative estimate of drug-likeness (QED) is 0.616. The average Bonchev–Trinajstić information content (AvgIpc) is 2.70. The summed E-state index contributed by atoms with van der Waals surface area (Å²) in [7, 11) is 0. The Balaban J connectivity index is 2.26. The molecule has 0 saturated carbocycles. The summed E-state index contributed by atoms with van der Waals surface area (Å²) in [5, 5.41) is 25.2. The van der Waals surface area contributed by atoms with Crippen LogP contribution in [-0.4, -0.2) is 20.7 Å². The zero-order valence-corrected chi connectivity index (χ0v) is 11.0. The van der Waals surface area contributed by atoms with Gasteiger partial charge in [-0.3, -0.25) is 0 Å². The summed E-state index contributed by atoms with van der Waals surface area (Å²) >= 11 is 3.04. The lowest BCUT2D eigenvalue weighted by molar-refractivity contribution is -0.390. The summed E-state index contributed by atoms with van der Waals surface area (Å²) in [5.74, 6) is -1.55. The Morgan fingerprint density at radius 2 is 2.21 bits per heavy atom. The van der Waals surface area contributed by atoms with E-state index in [0.717, 1.165) is 0 Å². The van der Waals surface area contributed by atoms with E-state index in [-0.39, 0.29) is 22.4 Å². The van der Waals surface area contributed by atoms with Crippen molar-refractivity contribution in [3.05, 3.63) is 56.2 Å². The molecule has 0 bridgehead atoms. The van der Waals surface area contributed by atoms with Crippen molar-refractivity contribution in [3.8, 4) is 0 Å². The Labute approximate surface area is 115 Å². The first-order valence-corrected chi connectivity index (χ1v) is 5.94. The zero-order valence-electron chi connectivity index (χ0n) is 9.45. The van der Waals surface area contributed by atoms with E-state index in [0.29, 0.717) is 5.56 Å². The summed E-state index contributed by atoms with van der Waals surface area (Å²) in [4.78, 5) is 20.8. The van der Waals surface area contributed by atoms with Crippen molar-refractivity contribution >= 4 is 27.7 Å². The number of carbonyl (C=O) groups excluding carboxylic acids is 1. The van der Waals surface area contributed by atoms with Gasteiger partial charge >= 0.3 is 5.82 Å². The minimum absolute atomic E-state index is 0.0539. The van der Waals surface area contributed by atoms with Crippen LogP contribution < -0.4 is 5.11 Å². The minimum Gasteiger partial charge on any atom is -0.545 e. The predicted octanol–water partition coefficient (Wildman–Crippen LogP) is 0.966. The van der Waals surface area contributed by atoms with Crippen LogP contribution in [0.2, 0.25) is 0 Å². The van der Waals surface area contributed by atoms with Crippen molar-refractivity contribution < 1.29 is 14.8 Å². The number of aromatic carboxylic acids is 1. The van der Waals surface area contributed by atoms with Gasteiger partial charge in [-0.2, -0.15) is 4.68 Å². The van der Waals surface area contributed by atoms with Crippen molar-refractivity contribution in [2.75, 3.05) is 0 Å². The lowest BCUT2D eigenvalue weighted by atomic mass is 10.1. The monoisotopic (exact) mass is 324 g/mol. The van der Waals surface area contributed by atoms with Gasteiger partial charge in [0.05, 0.1) is 23.8 Å². The van der Waals surface area contributed by atoms with Crippen LogP contribution in [0.5, 0.6) is 0 Å². The fraction of sp³-hybridized carbons (Fsp3) is 0.0909. The molecule has 0 aliphatic heterocycles. The molecule has 0 spiro atoms. The highest BCUT2D eigenvalue weighted by Crippen LogP contribution is 2.22. The molecule has 0 N–H and O–H groups in total. The standard InChI is InChI=1S/C11H8BrN3O4/c12-9-6-14(13-10(9)15(18)19)5-7-2-1-3-8(4-7)11(16)17/h1-4,6H,5H2,(H,16,17)/p-1. The number of nitrogens with zero attached hydrogens (tertiary/aromatic N) is 3. The van der Waals surface area contributed by atoms with Crippen molar-refractivity contribution in [1.82, 2.24) is 9.78 Å². The van der Waals surface area contributed by atoms with E-state index in [1.807, 2.05) is 0 Å². The van der Waals surface area contributed by atoms with Crippen LogP contribution in [0.3, 0.4) is 0 Å². The summed E-state index contributed by atoms with van der Waals surface area (Å²) in [5.41, 5.74) is 0.713. The van der Waals surface area contributed by atoms with Crippen LogP contribution in [0.15, 0.2) is 34.9 Å². The van der Waals surface area contributed by atoms with Crippen LogP contribution in [0, 0.1) is 10.1 Å². The molecule has 2 rings (SSSR count). The molecule has 0 aliphatic rings. The number of aromatic nitrogens is 2. The third-order valence-corrected chi connectivity index (χ3v) is 2.94. The number of halogens is 1. The van der Waals surface area contributed by atoms with E-state index >= 15 is 0 Å². The normalized spacial score (nSPS) is 10.4. The largest absolute Gasteiger partial charge is 0.545 e. The van der Waals surface area contributed by atoms with Gasteiger partial charge in [0.1, 0.15) is 4.47 Å². The van der Waals surface area contributed by atoms with E-state index in [1.165, 1.54) is 23.0 Å². The Morgan fingerprint density at radius 3 is 2.79 bits per heavy atom. The first kappa shape index (κ1) is 13.2. The van der Waals surface area contributed by atoms with Crippen molar-refractivity contribution in [2.24, 2.45) is 0 Å². The van der Waals surface area contributed by atoms with E-state index < -0.39 is 10.9 Å². The topological polar surface area (TPSA) is 101 Å². The molecule has 0 radical (unpaired) electrons. The third-order valence-electron chi connectivity index (χ3n) is 2.38. The van der Waals surface area contributed by atoms with Crippen molar-refractivity contribution in [3.63, 3.8) is 0 Å². The molecule has 19 heavy (non-hydrogen) atoms. The summed E-state index contributed by atoms with van der Waals surface area (Å²) in [6.45, 7) is 0.230. The number of hydrogen-bond acceptors (Lipinski definition) is 5. The molecule has 1 aromatic carbocycles. The second-order valence-corrected chi connectivity index (χ2v) is 4.60. The maximum atomic E-state index is 10.7. The van der Waals surface area contributed by atoms with Crippen LogP contribution in [0.4, 0.5) is 5.82 Å². The van der Waals surface area contributed by atoms with Crippen LogP contribution in [0.1, 0.15) is 15.9 Å². The van der Waals surface area contributed by atoms with Crippen LogP contribution in [-0.2, 0) is 6.54 Å². The minimum atomic E-state index is -1.27. The Kier molecular flexibility index (Phi) is 3.61. The van der Waals surface area contributed by atoms with E-state index in [9.17, 15) is 20.0 Å². The molecule has 7 nitrogen and oxygen atoms in total. The molecule has 0 unspecified atom stereocenters. The number of nitro groups is 1. The van der Waals surface area contributed by atoms with E-state index in [4.69, 9.17) is 0 Å². The summed E-state index contributed by atoms with van der Waals surface area (Å²) in [6.07, 6.45) is 1.46. The van der Waals surface area contributed by atoms with E-state index in [2.05, 4.69) is 21.0 Å². The molecule has 0 aliphatic carbocycles. The van der Waals surface area contributed by atoms with Crippen molar-refractivity contribution in [2.45, 2.75) is 6.54 Å². The molecule has 1 heterocycles. The number of carboxylic acids is 1. The Morgan fingerprint density at radius 1 is 1.47 bits per heavy atom. The lowest BCUT2D eigenvalue weighted by Gasteiger charge is -2.04. The molecule has 0 fully saturated rings. The van der Waals surface area contributed by atoms with Gasteiger partial charge in [-0.05, 0) is 38.0 Å². The number of hydrogen-bond donors (Lipinski definition) is 0. The smallest absolute Gasteiger partial charge is 0.404 e. The first-order valence-electron chi connectivity index (χ1n) is 5.15. The third kappa shape index (κ3) is 2.97. The Bertz CT molecular complexity index is 653. The number of carbonyl (C=O) groups is 1. The SMILES string of the molecule is O=C([O-])c1cccc(Cn2cc(Br)c([N+](=O)[O-])n2)c1. The molecule has 1 aromatic heterocycles. The van der Waals surface area contributed by atoms with Gasteiger partial charge in [0.25, 0.3) is 0 Å². The second-order valence-electron chi connectivity index (χ2n) is 3.74. The predicted molar refractivity (Wildman–Crippen MR) is 66.5 cm³/mol. The van der Waals surface area contributed by atoms with Crippen LogP contribution in [0.25, 0.3) is 0 Å². The fourth-order valence-corrected chi connectivity index (χ4v) is 2.04. The molecule has 98 valence electrons. The van der Waals surface area contributed by atoms with Gasteiger partial charge in [-0.25, -0.2) is 0 Å². The molecule has 0 amide bonds. The van der Waals surface area contributed by atoms with Gasteiger partial charge in [0.2, 0.25) is 0 Å². The fourth-order valence-electron chi connectivity index (χ4n) is 1.58. The molecule has 0 atom stereocenters. The van der Waals surface area contributed by atoms with Crippen LogP contribution >= 0.6 is 15.9 Å². The number of rotatable bonds is 4. The molecular weight excluding hydrogens is 318 g/mol. The highest BCUT2D eigenvalue weighted by molar-refractivity contribution is 9.10. The van der Waals surface area contributed by atoms with Gasteiger partial charge in [-0.15, -0.1) is 0 Å². The molecule has 2 aromatic rings. The van der Waals surface area contributed by atoms with Crippen molar-refractivity contribution in [1.29, 1.82) is 0 Å². The number of carboxylic acid groups (broad SMARTS) is 1. The maximum Gasteiger partial charge on any atom is 0.404 e.